The van der Waals surface area contributed by atoms with Crippen molar-refractivity contribution in [1.82, 2.24) is 24.9 Å². The topological polar surface area (TPSA) is 117 Å². The van der Waals surface area contributed by atoms with Gasteiger partial charge in [0.15, 0.2) is 0 Å². The number of imide groups is 1. The first-order valence-corrected chi connectivity index (χ1v) is 16.1. The second-order valence-corrected chi connectivity index (χ2v) is 12.3. The summed E-state index contributed by atoms with van der Waals surface area (Å²) in [5, 5.41) is 10.6. The van der Waals surface area contributed by atoms with Crippen molar-refractivity contribution in [1.29, 1.82) is 0 Å². The van der Waals surface area contributed by atoms with Gasteiger partial charge in [-0.05, 0) is 68.1 Å². The van der Waals surface area contributed by atoms with Crippen molar-refractivity contribution in [2.45, 2.75) is 44.3 Å². The van der Waals surface area contributed by atoms with E-state index in [0.717, 1.165) is 34.4 Å². The van der Waals surface area contributed by atoms with Crippen LogP contribution in [0.25, 0.3) is 0 Å². The zero-order valence-electron chi connectivity index (χ0n) is 26.3. The lowest BCUT2D eigenvalue weighted by atomic mass is 10.0. The lowest BCUT2D eigenvalue weighted by molar-refractivity contribution is -0.125. The quantitative estimate of drug-likeness (QED) is 0.233. The van der Waals surface area contributed by atoms with E-state index in [1.54, 1.807) is 24.4 Å². The second-order valence-electron chi connectivity index (χ2n) is 12.3. The lowest BCUT2D eigenvalue weighted by Crippen LogP contribution is -2.51. The molecule has 3 aliphatic heterocycles. The number of hydrogen-bond donors (Lipinski definition) is 2. The van der Waals surface area contributed by atoms with Crippen LogP contribution in [-0.2, 0) is 11.3 Å². The van der Waals surface area contributed by atoms with Crippen molar-refractivity contribution in [2.24, 2.45) is 0 Å². The Kier molecular flexibility index (Phi) is 8.34. The molecule has 3 aliphatic rings. The maximum Gasteiger partial charge on any atom is 0.264 e. The predicted octanol–water partition coefficient (Wildman–Crippen LogP) is 4.76. The first-order chi connectivity index (χ1) is 23.4. The number of anilines is 1. The molecule has 2 fully saturated rings. The van der Waals surface area contributed by atoms with E-state index in [9.17, 15) is 19.2 Å². The van der Waals surface area contributed by atoms with Crippen LogP contribution in [0.5, 0.6) is 0 Å². The summed E-state index contributed by atoms with van der Waals surface area (Å²) in [7, 11) is 0. The Morgan fingerprint density at radius 2 is 1.67 bits per heavy atom. The monoisotopic (exact) mass is 638 g/mol. The number of piperidine rings is 2. The smallest absolute Gasteiger partial charge is 0.264 e. The van der Waals surface area contributed by atoms with Crippen LogP contribution in [0.3, 0.4) is 0 Å². The first-order valence-electron chi connectivity index (χ1n) is 16.1. The number of allylic oxidation sites excluding steroid dienone is 1. The van der Waals surface area contributed by atoms with E-state index in [1.165, 1.54) is 0 Å². The fourth-order valence-corrected chi connectivity index (χ4v) is 6.52. The number of amides is 4. The summed E-state index contributed by atoms with van der Waals surface area (Å²) in [5.74, 6) is 4.97. The Balaban J connectivity index is 0.955. The van der Waals surface area contributed by atoms with Crippen LogP contribution in [0.2, 0.25) is 0 Å². The molecule has 10 nitrogen and oxygen atoms in total. The molecule has 1 unspecified atom stereocenters. The van der Waals surface area contributed by atoms with Gasteiger partial charge < -0.3 is 15.5 Å². The molecule has 4 amide bonds. The van der Waals surface area contributed by atoms with Gasteiger partial charge in [-0.1, -0.05) is 48.8 Å². The lowest BCUT2D eigenvalue weighted by Gasteiger charge is -2.32. The minimum Gasteiger partial charge on any atom is -0.380 e. The minimum absolute atomic E-state index is 0.00118. The molecular formula is C38H34N6O4. The van der Waals surface area contributed by atoms with Gasteiger partial charge in [0.1, 0.15) is 6.04 Å². The molecule has 0 radical (unpaired) electrons. The SMILES string of the molecule is C=C1CCC(N2C(=O)c3cccc(NCc4cnn(C5CCN(C(=O)c6cccc(C#Cc7ccccc7)c6)CC5)c4)c3C2=O)C(=O)N1. The van der Waals surface area contributed by atoms with Crippen LogP contribution in [0.4, 0.5) is 5.69 Å². The molecule has 2 N–H and O–H groups in total. The van der Waals surface area contributed by atoms with E-state index in [0.29, 0.717) is 49.4 Å². The number of fused-ring (bicyclic) bond motifs is 1. The highest BCUT2D eigenvalue weighted by Gasteiger charge is 2.45. The third-order valence-corrected chi connectivity index (χ3v) is 9.08. The Morgan fingerprint density at radius 1 is 0.917 bits per heavy atom. The Morgan fingerprint density at radius 3 is 2.46 bits per heavy atom. The molecule has 3 aromatic carbocycles. The summed E-state index contributed by atoms with van der Waals surface area (Å²) < 4.78 is 1.94. The molecule has 7 rings (SSSR count). The summed E-state index contributed by atoms with van der Waals surface area (Å²) in [6.45, 7) is 5.41. The molecule has 10 heteroatoms. The van der Waals surface area contributed by atoms with E-state index in [2.05, 4.69) is 34.2 Å². The number of rotatable bonds is 6. The number of hydrogen-bond acceptors (Lipinski definition) is 6. The van der Waals surface area contributed by atoms with E-state index in [-0.39, 0.29) is 23.1 Å². The number of carbonyl (C=O) groups excluding carboxylic acids is 4. The van der Waals surface area contributed by atoms with E-state index >= 15 is 0 Å². The molecule has 4 heterocycles. The maximum absolute atomic E-state index is 13.5. The molecule has 0 saturated carbocycles. The Labute approximate surface area is 278 Å². The normalized spacial score (nSPS) is 17.9. The highest BCUT2D eigenvalue weighted by Crippen LogP contribution is 2.33. The predicted molar refractivity (Wildman–Crippen MR) is 180 cm³/mol. The van der Waals surface area contributed by atoms with Gasteiger partial charge in [0.05, 0.1) is 23.4 Å². The molecule has 0 bridgehead atoms. The molecule has 4 aromatic rings. The van der Waals surface area contributed by atoms with Gasteiger partial charge >= 0.3 is 0 Å². The number of nitrogens with one attached hydrogen (secondary N) is 2. The maximum atomic E-state index is 13.5. The summed E-state index contributed by atoms with van der Waals surface area (Å²) in [6.07, 6.45) is 6.17. The van der Waals surface area contributed by atoms with Gasteiger partial charge in [0.2, 0.25) is 5.91 Å². The molecule has 0 aliphatic carbocycles. The van der Waals surface area contributed by atoms with Crippen molar-refractivity contribution >= 4 is 29.3 Å². The Hall–Kier alpha value is -5.95. The van der Waals surface area contributed by atoms with Gasteiger partial charge in [-0.25, -0.2) is 0 Å². The third kappa shape index (κ3) is 6.10. The fraction of sp³-hybridized carbons (Fsp3) is 0.237. The van der Waals surface area contributed by atoms with Crippen molar-refractivity contribution < 1.29 is 19.2 Å². The van der Waals surface area contributed by atoms with E-state index < -0.39 is 23.8 Å². The summed E-state index contributed by atoms with van der Waals surface area (Å²) in [6, 6.07) is 21.6. The van der Waals surface area contributed by atoms with Crippen LogP contribution in [0, 0.1) is 11.8 Å². The molecule has 1 aromatic heterocycles. The third-order valence-electron chi connectivity index (χ3n) is 9.08. The number of nitrogens with zero attached hydrogens (tertiary/aromatic N) is 4. The summed E-state index contributed by atoms with van der Waals surface area (Å²) in [4.78, 5) is 55.5. The first kappa shape index (κ1) is 30.7. The van der Waals surface area contributed by atoms with Crippen molar-refractivity contribution in [3.63, 3.8) is 0 Å². The largest absolute Gasteiger partial charge is 0.380 e. The fourth-order valence-electron chi connectivity index (χ4n) is 6.52. The zero-order valence-corrected chi connectivity index (χ0v) is 26.3. The zero-order chi connectivity index (χ0) is 33.2. The van der Waals surface area contributed by atoms with Crippen molar-refractivity contribution in [3.05, 3.63) is 131 Å². The summed E-state index contributed by atoms with van der Waals surface area (Å²) in [5.41, 5.74) is 4.94. The van der Waals surface area contributed by atoms with Gasteiger partial charge in [-0.2, -0.15) is 5.10 Å². The van der Waals surface area contributed by atoms with Gasteiger partial charge in [0, 0.05) is 59.5 Å². The van der Waals surface area contributed by atoms with Crippen LogP contribution < -0.4 is 10.6 Å². The van der Waals surface area contributed by atoms with Gasteiger partial charge in [-0.3, -0.25) is 28.8 Å². The number of likely N-dealkylation sites (tertiary alicyclic amines) is 1. The van der Waals surface area contributed by atoms with Crippen LogP contribution in [0.15, 0.2) is 97.5 Å². The number of carbonyl (C=O) groups is 4. The minimum atomic E-state index is -0.861. The highest BCUT2D eigenvalue weighted by atomic mass is 16.2. The van der Waals surface area contributed by atoms with Crippen LogP contribution >= 0.6 is 0 Å². The molecule has 0 spiro atoms. The molecule has 48 heavy (non-hydrogen) atoms. The van der Waals surface area contributed by atoms with Gasteiger partial charge in [0.25, 0.3) is 17.7 Å². The van der Waals surface area contributed by atoms with Gasteiger partial charge in [-0.15, -0.1) is 0 Å². The van der Waals surface area contributed by atoms with E-state index in [1.807, 2.05) is 70.4 Å². The number of benzene rings is 3. The molecule has 1 atom stereocenters. The van der Waals surface area contributed by atoms with Crippen molar-refractivity contribution in [2.75, 3.05) is 18.4 Å². The molecule has 240 valence electrons. The van der Waals surface area contributed by atoms with Crippen molar-refractivity contribution in [3.8, 4) is 11.8 Å². The summed E-state index contributed by atoms with van der Waals surface area (Å²) >= 11 is 0. The average Bonchev–Trinajstić information content (AvgIpc) is 3.69. The standard InChI is InChI=1S/C38H34N6O4/c1-25-13-16-33(35(45)41-25)44-37(47)31-11-6-12-32(34(31)38(44)48)39-22-28-23-40-43(24-28)30-17-19-42(20-18-30)36(46)29-10-5-9-27(21-29)15-14-26-7-3-2-4-8-26/h2-12,21,23-24,30,33,39H,1,13,16-20,22H2,(H,41,45). The second kappa shape index (κ2) is 13.0. The average molecular weight is 639 g/mol. The highest BCUT2D eigenvalue weighted by molar-refractivity contribution is 6.25. The van der Waals surface area contributed by atoms with Crippen LogP contribution in [-0.4, -0.2) is 62.3 Å². The Bertz CT molecular complexity index is 2000. The van der Waals surface area contributed by atoms with E-state index in [4.69, 9.17) is 0 Å². The molecule has 2 saturated heterocycles. The molecular weight excluding hydrogens is 604 g/mol. The van der Waals surface area contributed by atoms with Crippen LogP contribution in [0.1, 0.15) is 79.5 Å². The number of aromatic nitrogens is 2.